The molecule has 7 heteroatoms. The van der Waals surface area contributed by atoms with Crippen LogP contribution in [-0.4, -0.2) is 29.1 Å². The van der Waals surface area contributed by atoms with E-state index in [9.17, 15) is 18.0 Å². The molecule has 1 aliphatic heterocycles. The van der Waals surface area contributed by atoms with Crippen LogP contribution < -0.4 is 4.74 Å². The fourth-order valence-electron chi connectivity index (χ4n) is 6.22. The van der Waals surface area contributed by atoms with Gasteiger partial charge in [0.05, 0.1) is 12.0 Å². The van der Waals surface area contributed by atoms with Crippen LogP contribution in [0, 0.1) is 0 Å². The molecule has 0 radical (unpaired) electrons. The molecule has 1 saturated heterocycles. The minimum Gasteiger partial charge on any atom is -0.489 e. The van der Waals surface area contributed by atoms with Crippen molar-refractivity contribution in [2.75, 3.05) is 13.1 Å². The van der Waals surface area contributed by atoms with Gasteiger partial charge in [-0.3, -0.25) is 9.69 Å². The van der Waals surface area contributed by atoms with E-state index >= 15 is 0 Å². The first-order chi connectivity index (χ1) is 18.6. The van der Waals surface area contributed by atoms with Crippen molar-refractivity contribution < 1.29 is 27.8 Å². The van der Waals surface area contributed by atoms with Gasteiger partial charge in [-0.1, -0.05) is 55.5 Å². The number of carboxylic acids is 1. The number of fused-ring (bicyclic) bond motifs is 2. The summed E-state index contributed by atoms with van der Waals surface area (Å²) >= 11 is 0. The maximum absolute atomic E-state index is 14.1. The third-order valence-corrected chi connectivity index (χ3v) is 8.48. The van der Waals surface area contributed by atoms with Gasteiger partial charge in [-0.2, -0.15) is 13.2 Å². The molecule has 0 aromatic heterocycles. The molecule has 1 atom stereocenters. The molecule has 3 aromatic rings. The quantitative estimate of drug-likeness (QED) is 0.327. The van der Waals surface area contributed by atoms with Gasteiger partial charge in [-0.05, 0) is 96.1 Å². The fraction of sp³-hybridized carbons (Fsp3) is 0.406. The number of rotatable bonds is 8. The van der Waals surface area contributed by atoms with Crippen LogP contribution >= 0.6 is 0 Å². The topological polar surface area (TPSA) is 49.8 Å². The number of piperidine rings is 1. The first-order valence-corrected chi connectivity index (χ1v) is 13.6. The van der Waals surface area contributed by atoms with Crippen LogP contribution in [0.3, 0.4) is 0 Å². The lowest BCUT2D eigenvalue weighted by Gasteiger charge is -2.40. The number of carbonyl (C=O) groups is 1. The average Bonchev–Trinajstić information content (AvgIpc) is 3.27. The van der Waals surface area contributed by atoms with Gasteiger partial charge in [0, 0.05) is 6.54 Å². The summed E-state index contributed by atoms with van der Waals surface area (Å²) in [5, 5.41) is 8.97. The second kappa shape index (κ2) is 11.0. The maximum Gasteiger partial charge on any atom is 0.416 e. The van der Waals surface area contributed by atoms with Crippen molar-refractivity contribution in [3.8, 4) is 5.75 Å². The first-order valence-electron chi connectivity index (χ1n) is 13.6. The number of ether oxygens (including phenoxy) is 1. The minimum atomic E-state index is -4.45. The van der Waals surface area contributed by atoms with Gasteiger partial charge in [-0.25, -0.2) is 0 Å². The number of benzene rings is 3. The van der Waals surface area contributed by atoms with Crippen LogP contribution in [0.25, 0.3) is 0 Å². The molecule has 39 heavy (non-hydrogen) atoms. The van der Waals surface area contributed by atoms with Gasteiger partial charge in [0.1, 0.15) is 12.4 Å². The van der Waals surface area contributed by atoms with Crippen molar-refractivity contribution in [1.29, 1.82) is 0 Å². The zero-order valence-electron chi connectivity index (χ0n) is 22.1. The fourth-order valence-corrected chi connectivity index (χ4v) is 6.22. The van der Waals surface area contributed by atoms with Gasteiger partial charge in [0.2, 0.25) is 0 Å². The number of likely N-dealkylation sites (tertiary alicyclic amines) is 1. The first kappa shape index (κ1) is 27.3. The molecule has 2 aliphatic rings. The normalized spacial score (nSPS) is 17.6. The molecule has 1 spiro atoms. The zero-order chi connectivity index (χ0) is 27.6. The molecule has 1 unspecified atom stereocenters. The van der Waals surface area contributed by atoms with E-state index in [4.69, 9.17) is 9.84 Å². The van der Waals surface area contributed by atoms with E-state index in [1.165, 1.54) is 17.2 Å². The van der Waals surface area contributed by atoms with Crippen LogP contribution in [-0.2, 0) is 36.0 Å². The minimum absolute atomic E-state index is 0.0129. The van der Waals surface area contributed by atoms with E-state index in [1.807, 2.05) is 6.92 Å². The lowest BCUT2D eigenvalue weighted by molar-refractivity contribution is -0.139. The second-order valence-corrected chi connectivity index (χ2v) is 11.1. The smallest absolute Gasteiger partial charge is 0.416 e. The molecule has 3 aromatic carbocycles. The number of hydrogen-bond donors (Lipinski definition) is 1. The van der Waals surface area contributed by atoms with Crippen molar-refractivity contribution >= 4 is 5.97 Å². The van der Waals surface area contributed by atoms with Crippen molar-refractivity contribution in [3.63, 3.8) is 0 Å². The molecular weight excluding hydrogens is 503 g/mol. The number of alkyl halides is 3. The molecule has 206 valence electrons. The van der Waals surface area contributed by atoms with Gasteiger partial charge < -0.3 is 9.84 Å². The standard InChI is InChI=1S/C32H34F3NO3/c1-22(18-30(37)38)24-8-10-27(11-9-24)39-21-23-6-7-26(29(19-23)32(33,34)35)20-36-16-14-31(15-17-36)13-12-25-4-2-3-5-28(25)31/h2-11,19,22H,12-18,20-21H2,1H3,(H,37,38). The molecule has 5 rings (SSSR count). The van der Waals surface area contributed by atoms with E-state index in [0.29, 0.717) is 16.9 Å². The number of nitrogens with zero attached hydrogens (tertiary/aromatic N) is 1. The van der Waals surface area contributed by atoms with Crippen LogP contribution in [0.2, 0.25) is 0 Å². The highest BCUT2D eigenvalue weighted by molar-refractivity contribution is 5.68. The molecule has 1 heterocycles. The van der Waals surface area contributed by atoms with E-state index in [0.717, 1.165) is 44.3 Å². The number of aryl methyl sites for hydroxylation is 1. The van der Waals surface area contributed by atoms with Crippen LogP contribution in [0.15, 0.2) is 66.7 Å². The summed E-state index contributed by atoms with van der Waals surface area (Å²) in [5.41, 5.74) is 4.05. The Hall–Kier alpha value is -3.32. The lowest BCUT2D eigenvalue weighted by Crippen LogP contribution is -2.41. The van der Waals surface area contributed by atoms with E-state index in [2.05, 4.69) is 29.2 Å². The molecule has 1 fully saturated rings. The van der Waals surface area contributed by atoms with Crippen molar-refractivity contribution in [2.45, 2.75) is 69.7 Å². The number of carboxylic acid groups (broad SMARTS) is 1. The molecular formula is C32H34F3NO3. The molecule has 0 amide bonds. The summed E-state index contributed by atoms with van der Waals surface area (Å²) in [6, 6.07) is 20.2. The Kier molecular flexibility index (Phi) is 7.72. The van der Waals surface area contributed by atoms with Crippen LogP contribution in [0.4, 0.5) is 13.2 Å². The van der Waals surface area contributed by atoms with Gasteiger partial charge in [0.25, 0.3) is 0 Å². The average molecular weight is 538 g/mol. The summed E-state index contributed by atoms with van der Waals surface area (Å²) in [5.74, 6) is -0.483. The Labute approximate surface area is 227 Å². The predicted octanol–water partition coefficient (Wildman–Crippen LogP) is 7.34. The summed E-state index contributed by atoms with van der Waals surface area (Å²) in [6.07, 6.45) is -0.247. The Morgan fingerprint density at radius 2 is 1.74 bits per heavy atom. The zero-order valence-corrected chi connectivity index (χ0v) is 22.1. The number of hydrogen-bond acceptors (Lipinski definition) is 3. The summed E-state index contributed by atoms with van der Waals surface area (Å²) in [7, 11) is 0. The molecule has 0 saturated carbocycles. The highest BCUT2D eigenvalue weighted by Gasteiger charge is 2.41. The van der Waals surface area contributed by atoms with Crippen molar-refractivity contribution in [1.82, 2.24) is 4.90 Å². The Morgan fingerprint density at radius 3 is 2.44 bits per heavy atom. The van der Waals surface area contributed by atoms with Gasteiger partial charge in [0.15, 0.2) is 0 Å². The number of halogens is 3. The van der Waals surface area contributed by atoms with E-state index < -0.39 is 17.7 Å². The summed E-state index contributed by atoms with van der Waals surface area (Å²) in [6.45, 7) is 3.71. The Bertz CT molecular complexity index is 1310. The maximum atomic E-state index is 14.1. The monoisotopic (exact) mass is 537 g/mol. The Morgan fingerprint density at radius 1 is 1.03 bits per heavy atom. The molecule has 1 aliphatic carbocycles. The summed E-state index contributed by atoms with van der Waals surface area (Å²) in [4.78, 5) is 13.1. The Balaban J connectivity index is 1.22. The second-order valence-electron chi connectivity index (χ2n) is 11.1. The van der Waals surface area contributed by atoms with Crippen LogP contribution in [0.1, 0.15) is 71.9 Å². The van der Waals surface area contributed by atoms with E-state index in [1.54, 1.807) is 36.4 Å². The highest BCUT2D eigenvalue weighted by atomic mass is 19.4. The largest absolute Gasteiger partial charge is 0.489 e. The van der Waals surface area contributed by atoms with Crippen molar-refractivity contribution in [3.05, 3.63) is 100 Å². The SMILES string of the molecule is CC(CC(=O)O)c1ccc(OCc2ccc(CN3CCC4(CCc5ccccc54)CC3)c(C(F)(F)F)c2)cc1. The van der Waals surface area contributed by atoms with Crippen LogP contribution in [0.5, 0.6) is 5.75 Å². The number of aliphatic carboxylic acids is 1. The predicted molar refractivity (Wildman–Crippen MR) is 144 cm³/mol. The van der Waals surface area contributed by atoms with E-state index in [-0.39, 0.29) is 30.9 Å². The molecule has 4 nitrogen and oxygen atoms in total. The summed E-state index contributed by atoms with van der Waals surface area (Å²) < 4.78 is 47.9. The highest BCUT2D eigenvalue weighted by Crippen LogP contribution is 2.46. The molecule has 0 bridgehead atoms. The van der Waals surface area contributed by atoms with Gasteiger partial charge >= 0.3 is 12.1 Å². The molecule has 1 N–H and O–H groups in total. The van der Waals surface area contributed by atoms with Gasteiger partial charge in [-0.15, -0.1) is 0 Å². The third-order valence-electron chi connectivity index (χ3n) is 8.48. The third kappa shape index (κ3) is 6.14. The lowest BCUT2D eigenvalue weighted by atomic mass is 9.74. The van der Waals surface area contributed by atoms with Crippen molar-refractivity contribution in [2.24, 2.45) is 0 Å².